The van der Waals surface area contributed by atoms with Crippen molar-refractivity contribution >= 4 is 15.9 Å². The fraction of sp³-hybridized carbons (Fsp3) is 0.600. The van der Waals surface area contributed by atoms with E-state index in [2.05, 4.69) is 15.9 Å². The zero-order chi connectivity index (χ0) is 15.2. The molecular formula is C15H23BrO4. The van der Waals surface area contributed by atoms with Gasteiger partial charge < -0.3 is 19.3 Å². The molecule has 0 radical (unpaired) electrons. The molecule has 0 saturated carbocycles. The maximum atomic E-state index is 9.23. The van der Waals surface area contributed by atoms with Crippen molar-refractivity contribution in [3.63, 3.8) is 0 Å². The number of aliphatic hydroxyl groups excluding tert-OH is 1. The fourth-order valence-corrected chi connectivity index (χ4v) is 2.22. The second kappa shape index (κ2) is 7.86. The molecule has 0 fully saturated rings. The summed E-state index contributed by atoms with van der Waals surface area (Å²) in [5.74, 6) is 1.30. The normalized spacial score (nSPS) is 11.5. The Balaban J connectivity index is 2.82. The Bertz CT molecular complexity index is 432. The zero-order valence-corrected chi connectivity index (χ0v) is 14.1. The first kappa shape index (κ1) is 17.3. The molecule has 0 amide bonds. The number of hydrogen-bond acceptors (Lipinski definition) is 4. The van der Waals surface area contributed by atoms with E-state index >= 15 is 0 Å². The van der Waals surface area contributed by atoms with Crippen LogP contribution in [-0.2, 0) is 11.3 Å². The van der Waals surface area contributed by atoms with Crippen molar-refractivity contribution in [2.45, 2.75) is 39.4 Å². The van der Waals surface area contributed by atoms with E-state index in [-0.39, 0.29) is 12.2 Å². The van der Waals surface area contributed by atoms with E-state index in [0.717, 1.165) is 16.5 Å². The number of ether oxygens (including phenoxy) is 3. The van der Waals surface area contributed by atoms with E-state index in [0.29, 0.717) is 24.7 Å². The lowest BCUT2D eigenvalue weighted by Crippen LogP contribution is -2.25. The van der Waals surface area contributed by atoms with Gasteiger partial charge in [-0.1, -0.05) is 0 Å². The van der Waals surface area contributed by atoms with E-state index in [9.17, 15) is 5.11 Å². The van der Waals surface area contributed by atoms with Crippen LogP contribution in [0.2, 0.25) is 0 Å². The molecule has 0 bridgehead atoms. The lowest BCUT2D eigenvalue weighted by molar-refractivity contribution is 0.00514. The number of aliphatic hydroxyl groups is 1. The second-order valence-electron chi connectivity index (χ2n) is 5.06. The Morgan fingerprint density at radius 3 is 2.50 bits per heavy atom. The highest BCUT2D eigenvalue weighted by molar-refractivity contribution is 9.10. The van der Waals surface area contributed by atoms with Crippen LogP contribution in [0.25, 0.3) is 0 Å². The van der Waals surface area contributed by atoms with Crippen molar-refractivity contribution in [1.29, 1.82) is 0 Å². The first-order valence-corrected chi connectivity index (χ1v) is 7.47. The number of benzene rings is 1. The van der Waals surface area contributed by atoms with Crippen molar-refractivity contribution in [2.75, 3.05) is 20.3 Å². The molecule has 0 aliphatic carbocycles. The minimum atomic E-state index is -0.219. The van der Waals surface area contributed by atoms with Crippen molar-refractivity contribution in [2.24, 2.45) is 0 Å². The van der Waals surface area contributed by atoms with Gasteiger partial charge >= 0.3 is 0 Å². The molecule has 1 N–H and O–H groups in total. The lowest BCUT2D eigenvalue weighted by atomic mass is 10.1. The van der Waals surface area contributed by atoms with E-state index in [1.807, 2.05) is 26.8 Å². The highest BCUT2D eigenvalue weighted by atomic mass is 79.9. The van der Waals surface area contributed by atoms with Gasteiger partial charge in [0.1, 0.15) is 0 Å². The molecule has 0 saturated heterocycles. The standard InChI is InChI=1S/C15H23BrO4/c1-5-19-13-9-11(10-17)8-12(16)14(13)20-7-6-15(2,3)18-4/h8-9,17H,5-7,10H2,1-4H3. The Kier molecular flexibility index (Phi) is 6.79. The van der Waals surface area contributed by atoms with Crippen molar-refractivity contribution in [1.82, 2.24) is 0 Å². The molecular weight excluding hydrogens is 324 g/mol. The number of halogens is 1. The second-order valence-corrected chi connectivity index (χ2v) is 5.91. The molecule has 0 atom stereocenters. The highest BCUT2D eigenvalue weighted by Gasteiger charge is 2.18. The summed E-state index contributed by atoms with van der Waals surface area (Å²) in [5.41, 5.74) is 0.563. The molecule has 0 unspecified atom stereocenters. The van der Waals surface area contributed by atoms with E-state index in [1.54, 1.807) is 13.2 Å². The monoisotopic (exact) mass is 346 g/mol. The van der Waals surface area contributed by atoms with Gasteiger partial charge in [-0.15, -0.1) is 0 Å². The van der Waals surface area contributed by atoms with Gasteiger partial charge in [0.05, 0.1) is 29.9 Å². The first-order valence-electron chi connectivity index (χ1n) is 6.67. The molecule has 1 aromatic rings. The SMILES string of the molecule is CCOc1cc(CO)cc(Br)c1OCCC(C)(C)OC. The summed E-state index contributed by atoms with van der Waals surface area (Å²) < 4.78 is 17.5. The molecule has 5 heteroatoms. The quantitative estimate of drug-likeness (QED) is 0.782. The summed E-state index contributed by atoms with van der Waals surface area (Å²) in [6, 6.07) is 3.63. The third kappa shape index (κ3) is 4.96. The molecule has 4 nitrogen and oxygen atoms in total. The molecule has 1 aromatic carbocycles. The van der Waals surface area contributed by atoms with E-state index in [4.69, 9.17) is 14.2 Å². The van der Waals surface area contributed by atoms with Crippen molar-refractivity contribution < 1.29 is 19.3 Å². The van der Waals surface area contributed by atoms with Crippen LogP contribution >= 0.6 is 15.9 Å². The molecule has 0 aliphatic rings. The van der Waals surface area contributed by atoms with Gasteiger partial charge in [0, 0.05) is 13.5 Å². The predicted molar refractivity (Wildman–Crippen MR) is 82.4 cm³/mol. The van der Waals surface area contributed by atoms with Gasteiger partial charge in [-0.05, 0) is 54.4 Å². The van der Waals surface area contributed by atoms with Crippen LogP contribution in [0.5, 0.6) is 11.5 Å². The zero-order valence-electron chi connectivity index (χ0n) is 12.5. The largest absolute Gasteiger partial charge is 0.490 e. The maximum absolute atomic E-state index is 9.23. The molecule has 0 heterocycles. The molecule has 114 valence electrons. The molecule has 0 aromatic heterocycles. The average molecular weight is 347 g/mol. The van der Waals surface area contributed by atoms with Crippen LogP contribution < -0.4 is 9.47 Å². The number of methoxy groups -OCH3 is 1. The predicted octanol–water partition coefficient (Wildman–Crippen LogP) is 3.53. The summed E-state index contributed by atoms with van der Waals surface area (Å²) in [7, 11) is 1.69. The van der Waals surface area contributed by atoms with Crippen LogP contribution in [0.3, 0.4) is 0 Å². The van der Waals surface area contributed by atoms with Gasteiger partial charge in [0.15, 0.2) is 11.5 Å². The van der Waals surface area contributed by atoms with E-state index < -0.39 is 0 Å². The smallest absolute Gasteiger partial charge is 0.175 e. The molecule has 20 heavy (non-hydrogen) atoms. The van der Waals surface area contributed by atoms with Crippen LogP contribution in [0, 0.1) is 0 Å². The van der Waals surface area contributed by atoms with Crippen LogP contribution in [-0.4, -0.2) is 31.0 Å². The molecule has 0 aliphatic heterocycles. The fourth-order valence-electron chi connectivity index (χ4n) is 1.62. The van der Waals surface area contributed by atoms with Gasteiger partial charge in [0.2, 0.25) is 0 Å². The highest BCUT2D eigenvalue weighted by Crippen LogP contribution is 2.37. The third-order valence-corrected chi connectivity index (χ3v) is 3.64. The van der Waals surface area contributed by atoms with E-state index in [1.165, 1.54) is 0 Å². The maximum Gasteiger partial charge on any atom is 0.175 e. The van der Waals surface area contributed by atoms with Gasteiger partial charge in [-0.25, -0.2) is 0 Å². The Morgan fingerprint density at radius 2 is 1.95 bits per heavy atom. The van der Waals surface area contributed by atoms with Crippen molar-refractivity contribution in [3.8, 4) is 11.5 Å². The van der Waals surface area contributed by atoms with Gasteiger partial charge in [-0.3, -0.25) is 0 Å². The summed E-state index contributed by atoms with van der Waals surface area (Å²) in [6.07, 6.45) is 0.767. The van der Waals surface area contributed by atoms with Crippen LogP contribution in [0.4, 0.5) is 0 Å². The first-order chi connectivity index (χ1) is 9.43. The summed E-state index contributed by atoms with van der Waals surface area (Å²) in [6.45, 7) is 6.99. The van der Waals surface area contributed by atoms with Crippen molar-refractivity contribution in [3.05, 3.63) is 22.2 Å². The van der Waals surface area contributed by atoms with Gasteiger partial charge in [-0.2, -0.15) is 0 Å². The molecule has 0 spiro atoms. The summed E-state index contributed by atoms with van der Waals surface area (Å²) >= 11 is 3.46. The van der Waals surface area contributed by atoms with Gasteiger partial charge in [0.25, 0.3) is 0 Å². The number of hydrogen-bond donors (Lipinski definition) is 1. The lowest BCUT2D eigenvalue weighted by Gasteiger charge is -2.23. The topological polar surface area (TPSA) is 47.9 Å². The summed E-state index contributed by atoms with van der Waals surface area (Å²) in [5, 5.41) is 9.23. The van der Waals surface area contributed by atoms with Crippen LogP contribution in [0.1, 0.15) is 32.8 Å². The Labute approximate surface area is 129 Å². The number of rotatable bonds is 8. The average Bonchev–Trinajstić information content (AvgIpc) is 2.41. The summed E-state index contributed by atoms with van der Waals surface area (Å²) in [4.78, 5) is 0. The third-order valence-electron chi connectivity index (χ3n) is 3.05. The Hall–Kier alpha value is -0.780. The minimum absolute atomic E-state index is 0.0321. The van der Waals surface area contributed by atoms with Crippen LogP contribution in [0.15, 0.2) is 16.6 Å². The molecule has 1 rings (SSSR count). The Morgan fingerprint density at radius 1 is 1.25 bits per heavy atom. The minimum Gasteiger partial charge on any atom is -0.490 e.